The van der Waals surface area contributed by atoms with Crippen molar-refractivity contribution in [2.75, 3.05) is 24.6 Å². The number of halogens is 1. The number of hydrogen-bond acceptors (Lipinski definition) is 4. The molecule has 1 aromatic heterocycles. The molecule has 5 heteroatoms. The third kappa shape index (κ3) is 2.75. The van der Waals surface area contributed by atoms with E-state index in [1.165, 1.54) is 6.33 Å². The Bertz CT molecular complexity index is 411. The first kappa shape index (κ1) is 13.6. The van der Waals surface area contributed by atoms with E-state index in [1.54, 1.807) is 0 Å². The van der Waals surface area contributed by atoms with Gasteiger partial charge < -0.3 is 10.0 Å². The average molecular weight is 270 g/mol. The van der Waals surface area contributed by atoms with Crippen LogP contribution in [-0.4, -0.2) is 34.8 Å². The second-order valence-electron chi connectivity index (χ2n) is 5.17. The Morgan fingerprint density at radius 1 is 1.50 bits per heavy atom. The van der Waals surface area contributed by atoms with E-state index in [9.17, 15) is 0 Å². The highest BCUT2D eigenvalue weighted by Crippen LogP contribution is 2.33. The third-order valence-corrected chi connectivity index (χ3v) is 3.82. The van der Waals surface area contributed by atoms with Crippen LogP contribution in [0.25, 0.3) is 0 Å². The molecule has 1 aromatic rings. The molecule has 1 N–H and O–H groups in total. The van der Waals surface area contributed by atoms with Crippen LogP contribution in [0.2, 0.25) is 5.15 Å². The number of nitrogens with zero attached hydrogens (tertiary/aromatic N) is 3. The predicted octanol–water partition coefficient (Wildman–Crippen LogP) is 2.46. The molecule has 4 nitrogen and oxygen atoms in total. The van der Waals surface area contributed by atoms with Crippen molar-refractivity contribution in [2.45, 2.75) is 32.6 Å². The molecule has 0 amide bonds. The maximum atomic E-state index is 9.01. The minimum absolute atomic E-state index is 0.264. The molecule has 18 heavy (non-hydrogen) atoms. The normalized spacial score (nSPS) is 19.8. The largest absolute Gasteiger partial charge is 0.396 e. The summed E-state index contributed by atoms with van der Waals surface area (Å²) in [5, 5.41) is 9.56. The van der Waals surface area contributed by atoms with Crippen molar-refractivity contribution in [3.8, 4) is 0 Å². The maximum Gasteiger partial charge on any atom is 0.138 e. The van der Waals surface area contributed by atoms with Gasteiger partial charge in [-0.2, -0.15) is 0 Å². The highest BCUT2D eigenvalue weighted by Gasteiger charge is 2.26. The van der Waals surface area contributed by atoms with Crippen LogP contribution in [-0.2, 0) is 0 Å². The van der Waals surface area contributed by atoms with Crippen LogP contribution in [0, 0.1) is 5.92 Å². The van der Waals surface area contributed by atoms with E-state index in [1.807, 2.05) is 0 Å². The van der Waals surface area contributed by atoms with Gasteiger partial charge in [0.05, 0.1) is 0 Å². The zero-order valence-electron chi connectivity index (χ0n) is 10.9. The quantitative estimate of drug-likeness (QED) is 0.853. The van der Waals surface area contributed by atoms with Crippen LogP contribution in [0.1, 0.15) is 38.2 Å². The average Bonchev–Trinajstić information content (AvgIpc) is 2.77. The van der Waals surface area contributed by atoms with Gasteiger partial charge in [-0.1, -0.05) is 25.4 Å². The molecule has 0 bridgehead atoms. The summed E-state index contributed by atoms with van der Waals surface area (Å²) in [5.74, 6) is 1.83. The molecule has 1 saturated heterocycles. The van der Waals surface area contributed by atoms with E-state index in [-0.39, 0.29) is 6.61 Å². The first-order chi connectivity index (χ1) is 8.63. The molecular formula is C13H20ClN3O. The number of aliphatic hydroxyl groups excluding tert-OH is 1. The highest BCUT2D eigenvalue weighted by molar-refractivity contribution is 6.30. The molecule has 1 aliphatic heterocycles. The van der Waals surface area contributed by atoms with Gasteiger partial charge in [0.2, 0.25) is 0 Å². The van der Waals surface area contributed by atoms with Gasteiger partial charge in [-0.3, -0.25) is 0 Å². The van der Waals surface area contributed by atoms with E-state index >= 15 is 0 Å². The molecule has 100 valence electrons. The first-order valence-electron chi connectivity index (χ1n) is 6.49. The molecule has 0 radical (unpaired) electrons. The Labute approximate surface area is 113 Å². The predicted molar refractivity (Wildman–Crippen MR) is 73.2 cm³/mol. The Morgan fingerprint density at radius 3 is 2.94 bits per heavy atom. The summed E-state index contributed by atoms with van der Waals surface area (Å²) in [6.07, 6.45) is 3.51. The van der Waals surface area contributed by atoms with Gasteiger partial charge in [-0.25, -0.2) is 9.97 Å². The van der Waals surface area contributed by atoms with Crippen molar-refractivity contribution in [3.63, 3.8) is 0 Å². The lowest BCUT2D eigenvalue weighted by atomic mass is 10.1. The van der Waals surface area contributed by atoms with Gasteiger partial charge in [0.25, 0.3) is 0 Å². The van der Waals surface area contributed by atoms with Gasteiger partial charge >= 0.3 is 0 Å². The Balaban J connectivity index is 2.21. The van der Waals surface area contributed by atoms with Crippen LogP contribution >= 0.6 is 11.6 Å². The van der Waals surface area contributed by atoms with Crippen LogP contribution in [0.4, 0.5) is 5.82 Å². The molecule has 0 aliphatic carbocycles. The lowest BCUT2D eigenvalue weighted by molar-refractivity contribution is 0.263. The molecule has 1 atom stereocenters. The molecule has 0 saturated carbocycles. The second-order valence-corrected chi connectivity index (χ2v) is 5.53. The zero-order chi connectivity index (χ0) is 13.1. The van der Waals surface area contributed by atoms with E-state index < -0.39 is 0 Å². The van der Waals surface area contributed by atoms with Gasteiger partial charge in [-0.05, 0) is 24.7 Å². The smallest absolute Gasteiger partial charge is 0.138 e. The Morgan fingerprint density at radius 2 is 2.28 bits per heavy atom. The summed E-state index contributed by atoms with van der Waals surface area (Å²) in [4.78, 5) is 10.7. The molecule has 0 spiro atoms. The van der Waals surface area contributed by atoms with Crippen LogP contribution in [0.15, 0.2) is 6.33 Å². The molecule has 2 heterocycles. The monoisotopic (exact) mass is 269 g/mol. The van der Waals surface area contributed by atoms with Crippen LogP contribution < -0.4 is 4.90 Å². The lowest BCUT2D eigenvalue weighted by Gasteiger charge is -2.22. The minimum atomic E-state index is 0.264. The molecule has 2 rings (SSSR count). The number of hydrogen-bond donors (Lipinski definition) is 1. The highest BCUT2D eigenvalue weighted by atomic mass is 35.5. The summed E-state index contributed by atoms with van der Waals surface area (Å²) in [6, 6.07) is 0. The van der Waals surface area contributed by atoms with Crippen molar-refractivity contribution >= 4 is 17.4 Å². The summed E-state index contributed by atoms with van der Waals surface area (Å²) >= 11 is 6.18. The van der Waals surface area contributed by atoms with Crippen LogP contribution in [0.5, 0.6) is 0 Å². The van der Waals surface area contributed by atoms with Crippen molar-refractivity contribution < 1.29 is 5.11 Å². The van der Waals surface area contributed by atoms with Gasteiger partial charge in [0, 0.05) is 25.3 Å². The van der Waals surface area contributed by atoms with Gasteiger partial charge in [0.15, 0.2) is 0 Å². The number of aromatic nitrogens is 2. The standard InChI is InChI=1S/C13H20ClN3O/c1-9(2)11-12(14)15-8-16-13(11)17-5-3-10(7-17)4-6-18/h8-10,18H,3-7H2,1-2H3. The fourth-order valence-corrected chi connectivity index (χ4v) is 2.90. The molecule has 0 aromatic carbocycles. The second kappa shape index (κ2) is 5.85. The SMILES string of the molecule is CC(C)c1c(Cl)ncnc1N1CCC(CCO)C1. The van der Waals surface area contributed by atoms with E-state index in [0.29, 0.717) is 17.0 Å². The van der Waals surface area contributed by atoms with E-state index in [2.05, 4.69) is 28.7 Å². The van der Waals surface area contributed by atoms with Crippen molar-refractivity contribution in [3.05, 3.63) is 17.0 Å². The van der Waals surface area contributed by atoms with Crippen LogP contribution in [0.3, 0.4) is 0 Å². The zero-order valence-corrected chi connectivity index (χ0v) is 11.7. The van der Waals surface area contributed by atoms with Crippen molar-refractivity contribution in [2.24, 2.45) is 5.92 Å². The van der Waals surface area contributed by atoms with Gasteiger partial charge in [0.1, 0.15) is 17.3 Å². The lowest BCUT2D eigenvalue weighted by Crippen LogP contribution is -2.23. The summed E-state index contributed by atoms with van der Waals surface area (Å²) < 4.78 is 0. The van der Waals surface area contributed by atoms with E-state index in [4.69, 9.17) is 16.7 Å². The Kier molecular flexibility index (Phi) is 4.40. The fourth-order valence-electron chi connectivity index (χ4n) is 2.56. The third-order valence-electron chi connectivity index (χ3n) is 3.51. The topological polar surface area (TPSA) is 49.2 Å². The maximum absolute atomic E-state index is 9.01. The minimum Gasteiger partial charge on any atom is -0.396 e. The first-order valence-corrected chi connectivity index (χ1v) is 6.87. The summed E-state index contributed by atoms with van der Waals surface area (Å²) in [5.41, 5.74) is 1.03. The fraction of sp³-hybridized carbons (Fsp3) is 0.692. The summed E-state index contributed by atoms with van der Waals surface area (Å²) in [6.45, 7) is 6.41. The number of anilines is 1. The van der Waals surface area contributed by atoms with Crippen molar-refractivity contribution in [1.82, 2.24) is 9.97 Å². The molecule has 1 unspecified atom stereocenters. The number of rotatable bonds is 4. The van der Waals surface area contributed by atoms with Crippen molar-refractivity contribution in [1.29, 1.82) is 0 Å². The van der Waals surface area contributed by atoms with E-state index in [0.717, 1.165) is 37.3 Å². The molecular weight excluding hydrogens is 250 g/mol. The summed E-state index contributed by atoms with van der Waals surface area (Å²) in [7, 11) is 0. The van der Waals surface area contributed by atoms with Gasteiger partial charge in [-0.15, -0.1) is 0 Å². The molecule has 1 fully saturated rings. The Hall–Kier alpha value is -0.870. The number of aliphatic hydroxyl groups is 1. The molecule has 1 aliphatic rings.